The lowest BCUT2D eigenvalue weighted by molar-refractivity contribution is 0.418. The molecular weight excluding hydrogens is 122 g/mol. The minimum absolute atomic E-state index is 0.391. The Labute approximate surface area is 51.3 Å². The molecule has 0 saturated carbocycles. The van der Waals surface area contributed by atoms with Crippen molar-refractivity contribution >= 4 is 11.5 Å². The Morgan fingerprint density at radius 3 is 3.25 bits per heavy atom. The fraction of sp³-hybridized carbons (Fsp3) is 0.400. The van der Waals surface area contributed by atoms with E-state index in [-0.39, 0.29) is 0 Å². The van der Waals surface area contributed by atoms with Crippen LogP contribution in [0.4, 0.5) is 0 Å². The second kappa shape index (κ2) is 1.53. The summed E-state index contributed by atoms with van der Waals surface area (Å²) in [6.45, 7) is 0.891. The zero-order valence-electron chi connectivity index (χ0n) is 4.20. The van der Waals surface area contributed by atoms with E-state index in [4.69, 9.17) is 4.74 Å². The van der Waals surface area contributed by atoms with Gasteiger partial charge in [0, 0.05) is 6.20 Å². The molecule has 1 aromatic rings. The molecule has 0 amide bonds. The van der Waals surface area contributed by atoms with Gasteiger partial charge in [-0.1, -0.05) is 0 Å². The van der Waals surface area contributed by atoms with E-state index in [1.54, 1.807) is 0 Å². The van der Waals surface area contributed by atoms with Crippen molar-refractivity contribution in [1.82, 2.24) is 4.37 Å². The van der Waals surface area contributed by atoms with E-state index in [1.807, 2.05) is 12.3 Å². The van der Waals surface area contributed by atoms with Crippen molar-refractivity contribution in [3.63, 3.8) is 0 Å². The highest BCUT2D eigenvalue weighted by Crippen LogP contribution is 2.31. The fourth-order valence-corrected chi connectivity index (χ4v) is 1.22. The van der Waals surface area contributed by atoms with Gasteiger partial charge in [0.1, 0.15) is 6.10 Å². The lowest BCUT2D eigenvalue weighted by Gasteiger charge is -1.77. The normalized spacial score (nSPS) is 25.8. The van der Waals surface area contributed by atoms with Gasteiger partial charge in [-0.3, -0.25) is 0 Å². The van der Waals surface area contributed by atoms with Crippen LogP contribution in [0.2, 0.25) is 0 Å². The predicted octanol–water partition coefficient (Wildman–Crippen LogP) is 1.21. The lowest BCUT2D eigenvalue weighted by Crippen LogP contribution is -1.65. The highest BCUT2D eigenvalue weighted by atomic mass is 32.1. The molecule has 0 bridgehead atoms. The number of nitrogens with zero attached hydrogens (tertiary/aromatic N) is 1. The van der Waals surface area contributed by atoms with Crippen molar-refractivity contribution in [2.75, 3.05) is 6.61 Å². The summed E-state index contributed by atoms with van der Waals surface area (Å²) >= 11 is 1.52. The Bertz CT molecular complexity index is 169. The van der Waals surface area contributed by atoms with E-state index >= 15 is 0 Å². The minimum Gasteiger partial charge on any atom is -0.367 e. The van der Waals surface area contributed by atoms with Crippen LogP contribution in [-0.2, 0) is 4.74 Å². The summed E-state index contributed by atoms with van der Waals surface area (Å²) in [5, 5.41) is 0. The van der Waals surface area contributed by atoms with E-state index in [1.165, 1.54) is 16.4 Å². The molecule has 2 nitrogen and oxygen atoms in total. The van der Waals surface area contributed by atoms with E-state index < -0.39 is 0 Å². The lowest BCUT2D eigenvalue weighted by atomic mass is 10.4. The first kappa shape index (κ1) is 4.47. The van der Waals surface area contributed by atoms with Gasteiger partial charge >= 0.3 is 0 Å². The molecule has 42 valence electrons. The van der Waals surface area contributed by atoms with Crippen LogP contribution in [0.15, 0.2) is 12.3 Å². The maximum Gasteiger partial charge on any atom is 0.117 e. The molecule has 1 atom stereocenters. The summed E-state index contributed by atoms with van der Waals surface area (Å²) in [4.78, 5) is 1.25. The van der Waals surface area contributed by atoms with Gasteiger partial charge in [0.2, 0.25) is 0 Å². The second-order valence-electron chi connectivity index (χ2n) is 1.74. The Kier molecular flexibility index (Phi) is 0.856. The quantitative estimate of drug-likeness (QED) is 0.530. The van der Waals surface area contributed by atoms with Crippen LogP contribution in [0, 0.1) is 0 Å². The number of ether oxygens (including phenoxy) is 1. The van der Waals surface area contributed by atoms with Crippen LogP contribution in [0.5, 0.6) is 0 Å². The highest BCUT2D eigenvalue weighted by Gasteiger charge is 2.25. The summed E-state index contributed by atoms with van der Waals surface area (Å²) in [5.74, 6) is 0. The van der Waals surface area contributed by atoms with Gasteiger partial charge in [0.25, 0.3) is 0 Å². The molecule has 1 saturated heterocycles. The van der Waals surface area contributed by atoms with Crippen molar-refractivity contribution < 1.29 is 4.74 Å². The standard InChI is InChI=1S/C5H5NOS/c1-2-6-8-5(1)4-3-7-4/h1-2,4H,3H2. The molecule has 0 aliphatic carbocycles. The Morgan fingerprint density at radius 2 is 2.75 bits per heavy atom. The van der Waals surface area contributed by atoms with E-state index in [9.17, 15) is 0 Å². The molecule has 0 N–H and O–H groups in total. The van der Waals surface area contributed by atoms with Crippen molar-refractivity contribution in [2.24, 2.45) is 0 Å². The van der Waals surface area contributed by atoms with Gasteiger partial charge in [-0.15, -0.1) is 0 Å². The van der Waals surface area contributed by atoms with Crippen LogP contribution in [-0.4, -0.2) is 11.0 Å². The summed E-state index contributed by atoms with van der Waals surface area (Å²) in [5.41, 5.74) is 0. The SMILES string of the molecule is c1cc(C2CO2)sn1. The number of epoxide rings is 1. The molecule has 1 fully saturated rings. The van der Waals surface area contributed by atoms with E-state index in [2.05, 4.69) is 4.37 Å². The van der Waals surface area contributed by atoms with Crippen molar-refractivity contribution in [3.8, 4) is 0 Å². The monoisotopic (exact) mass is 127 g/mol. The molecule has 8 heavy (non-hydrogen) atoms. The molecule has 1 unspecified atom stereocenters. The number of hydrogen-bond donors (Lipinski definition) is 0. The molecule has 0 aromatic carbocycles. The number of hydrogen-bond acceptors (Lipinski definition) is 3. The van der Waals surface area contributed by atoms with Gasteiger partial charge in [0.05, 0.1) is 11.5 Å². The molecule has 1 aliphatic heterocycles. The van der Waals surface area contributed by atoms with Crippen molar-refractivity contribution in [3.05, 3.63) is 17.1 Å². The van der Waals surface area contributed by atoms with Gasteiger partial charge in [-0.25, -0.2) is 4.37 Å². The maximum atomic E-state index is 5.02. The maximum absolute atomic E-state index is 5.02. The van der Waals surface area contributed by atoms with Crippen LogP contribution in [0.3, 0.4) is 0 Å². The molecule has 1 aromatic heterocycles. The predicted molar refractivity (Wildman–Crippen MR) is 30.8 cm³/mol. The molecule has 1 aliphatic rings. The number of aromatic nitrogens is 1. The second-order valence-corrected chi connectivity index (χ2v) is 2.60. The zero-order valence-corrected chi connectivity index (χ0v) is 5.02. The average molecular weight is 127 g/mol. The van der Waals surface area contributed by atoms with Crippen LogP contribution in [0.1, 0.15) is 11.0 Å². The first-order valence-corrected chi connectivity index (χ1v) is 3.26. The zero-order chi connectivity index (χ0) is 5.40. The van der Waals surface area contributed by atoms with E-state index in [0.717, 1.165) is 6.61 Å². The molecular formula is C5H5NOS. The van der Waals surface area contributed by atoms with Crippen molar-refractivity contribution in [1.29, 1.82) is 0 Å². The van der Waals surface area contributed by atoms with Crippen molar-refractivity contribution in [2.45, 2.75) is 6.10 Å². The Balaban J connectivity index is 2.28. The molecule has 3 heteroatoms. The first-order valence-electron chi connectivity index (χ1n) is 2.49. The topological polar surface area (TPSA) is 25.4 Å². The fourth-order valence-electron chi connectivity index (χ4n) is 0.604. The third-order valence-electron chi connectivity index (χ3n) is 1.11. The summed E-state index contributed by atoms with van der Waals surface area (Å²) in [6, 6.07) is 2.00. The smallest absolute Gasteiger partial charge is 0.117 e. The number of rotatable bonds is 1. The summed E-state index contributed by atoms with van der Waals surface area (Å²) in [6.07, 6.45) is 2.20. The van der Waals surface area contributed by atoms with Crippen LogP contribution >= 0.6 is 11.5 Å². The summed E-state index contributed by atoms with van der Waals surface area (Å²) < 4.78 is 8.97. The van der Waals surface area contributed by atoms with Crippen LogP contribution in [0.25, 0.3) is 0 Å². The minimum atomic E-state index is 0.391. The molecule has 0 spiro atoms. The third-order valence-corrected chi connectivity index (χ3v) is 1.95. The van der Waals surface area contributed by atoms with Gasteiger partial charge in [0.15, 0.2) is 0 Å². The average Bonchev–Trinajstić information content (AvgIpc) is 2.49. The Hall–Kier alpha value is -0.410. The van der Waals surface area contributed by atoms with Gasteiger partial charge in [-0.2, -0.15) is 0 Å². The molecule has 2 rings (SSSR count). The highest BCUT2D eigenvalue weighted by molar-refractivity contribution is 7.05. The molecule has 0 radical (unpaired) electrons. The van der Waals surface area contributed by atoms with Gasteiger partial charge < -0.3 is 4.74 Å². The summed E-state index contributed by atoms with van der Waals surface area (Å²) in [7, 11) is 0. The van der Waals surface area contributed by atoms with E-state index in [0.29, 0.717) is 6.10 Å². The first-order chi connectivity index (χ1) is 3.97. The molecule has 2 heterocycles. The van der Waals surface area contributed by atoms with Crippen LogP contribution < -0.4 is 0 Å². The van der Waals surface area contributed by atoms with Gasteiger partial charge in [-0.05, 0) is 17.6 Å². The largest absolute Gasteiger partial charge is 0.367 e. The third kappa shape index (κ3) is 0.638. The Morgan fingerprint density at radius 1 is 1.88 bits per heavy atom.